The number of carbonyl (C=O) groups is 1. The summed E-state index contributed by atoms with van der Waals surface area (Å²) >= 11 is 0. The average molecular weight is 270 g/mol. The number of nitrogens with two attached hydrogens (primary N) is 1. The zero-order chi connectivity index (χ0) is 13.6. The van der Waals surface area contributed by atoms with E-state index in [2.05, 4.69) is 5.32 Å². The molecule has 0 spiro atoms. The van der Waals surface area contributed by atoms with Crippen LogP contribution in [-0.4, -0.2) is 32.4 Å². The quantitative estimate of drug-likeness (QED) is 0.765. The van der Waals surface area contributed by atoms with Gasteiger partial charge in [0.2, 0.25) is 5.91 Å². The highest BCUT2D eigenvalue weighted by atomic mass is 32.2. The first-order chi connectivity index (χ1) is 8.38. The lowest BCUT2D eigenvalue weighted by Gasteiger charge is -2.11. The number of nitrogens with one attached hydrogen (secondary N) is 1. The van der Waals surface area contributed by atoms with Gasteiger partial charge < -0.3 is 11.1 Å². The van der Waals surface area contributed by atoms with E-state index in [-0.39, 0.29) is 18.1 Å². The summed E-state index contributed by atoms with van der Waals surface area (Å²) < 4.78 is 21.9. The largest absolute Gasteiger partial charge is 0.351 e. The van der Waals surface area contributed by atoms with Gasteiger partial charge >= 0.3 is 0 Å². The third-order valence-electron chi connectivity index (χ3n) is 2.45. The first-order valence-corrected chi connectivity index (χ1v) is 7.69. The van der Waals surface area contributed by atoms with Crippen molar-refractivity contribution in [2.45, 2.75) is 19.0 Å². The van der Waals surface area contributed by atoms with Crippen LogP contribution in [0.15, 0.2) is 30.3 Å². The molecule has 1 amide bonds. The van der Waals surface area contributed by atoms with Crippen LogP contribution in [0.2, 0.25) is 0 Å². The normalized spacial score (nSPS) is 13.0. The fraction of sp³-hybridized carbons (Fsp3) is 0.417. The molecular formula is C12H18N2O3S. The van der Waals surface area contributed by atoms with Crippen LogP contribution in [0.25, 0.3) is 0 Å². The van der Waals surface area contributed by atoms with Crippen LogP contribution in [0.4, 0.5) is 0 Å². The molecule has 0 unspecified atom stereocenters. The summed E-state index contributed by atoms with van der Waals surface area (Å²) in [5.74, 6) is -0.407. The van der Waals surface area contributed by atoms with Crippen molar-refractivity contribution in [3.63, 3.8) is 0 Å². The van der Waals surface area contributed by atoms with Crippen molar-refractivity contribution in [1.29, 1.82) is 0 Å². The summed E-state index contributed by atoms with van der Waals surface area (Å²) in [5.41, 5.74) is 6.59. The molecule has 0 saturated heterocycles. The minimum Gasteiger partial charge on any atom is -0.351 e. The summed E-state index contributed by atoms with van der Waals surface area (Å²) in [5, 5.41) is 2.68. The molecule has 6 heteroatoms. The Labute approximate surface area is 107 Å². The summed E-state index contributed by atoms with van der Waals surface area (Å²) in [6.07, 6.45) is 1.26. The lowest BCUT2D eigenvalue weighted by molar-refractivity contribution is -0.122. The SMILES string of the molecule is CS(=O)(=O)CC[C@H](N)C(=O)NCc1ccccc1. The number of hydrogen-bond donors (Lipinski definition) is 2. The molecule has 5 nitrogen and oxygen atoms in total. The van der Waals surface area contributed by atoms with Gasteiger partial charge in [0.15, 0.2) is 0 Å². The van der Waals surface area contributed by atoms with Gasteiger partial charge in [-0.25, -0.2) is 8.42 Å². The average Bonchev–Trinajstić information content (AvgIpc) is 2.33. The second-order valence-corrected chi connectivity index (χ2v) is 6.49. The van der Waals surface area contributed by atoms with E-state index in [0.29, 0.717) is 6.54 Å². The maximum absolute atomic E-state index is 11.6. The number of amides is 1. The van der Waals surface area contributed by atoms with E-state index in [1.807, 2.05) is 30.3 Å². The van der Waals surface area contributed by atoms with E-state index in [0.717, 1.165) is 11.8 Å². The zero-order valence-electron chi connectivity index (χ0n) is 10.3. The van der Waals surface area contributed by atoms with Crippen LogP contribution in [0, 0.1) is 0 Å². The minimum absolute atomic E-state index is 0.0765. The van der Waals surface area contributed by atoms with Gasteiger partial charge in [0, 0.05) is 12.8 Å². The molecule has 0 fully saturated rings. The molecule has 0 bridgehead atoms. The van der Waals surface area contributed by atoms with Crippen molar-refractivity contribution in [1.82, 2.24) is 5.32 Å². The molecule has 18 heavy (non-hydrogen) atoms. The monoisotopic (exact) mass is 270 g/mol. The summed E-state index contributed by atoms with van der Waals surface area (Å²) in [7, 11) is -3.08. The number of carbonyl (C=O) groups excluding carboxylic acids is 1. The Kier molecular flexibility index (Phi) is 5.30. The number of rotatable bonds is 6. The lowest BCUT2D eigenvalue weighted by atomic mass is 10.2. The van der Waals surface area contributed by atoms with E-state index in [4.69, 9.17) is 5.73 Å². The van der Waals surface area contributed by atoms with Crippen LogP contribution < -0.4 is 11.1 Å². The van der Waals surface area contributed by atoms with Gasteiger partial charge in [0.25, 0.3) is 0 Å². The Bertz CT molecular complexity index is 485. The van der Waals surface area contributed by atoms with E-state index in [1.54, 1.807) is 0 Å². The molecule has 0 aromatic heterocycles. The van der Waals surface area contributed by atoms with E-state index >= 15 is 0 Å². The molecule has 0 saturated carbocycles. The minimum atomic E-state index is -3.08. The first-order valence-electron chi connectivity index (χ1n) is 5.63. The number of sulfone groups is 1. The van der Waals surface area contributed by atoms with E-state index in [1.165, 1.54) is 0 Å². The van der Waals surface area contributed by atoms with Gasteiger partial charge in [0.05, 0.1) is 11.8 Å². The van der Waals surface area contributed by atoms with Crippen molar-refractivity contribution >= 4 is 15.7 Å². The molecule has 0 aliphatic carbocycles. The Morgan fingerprint density at radius 1 is 1.33 bits per heavy atom. The van der Waals surface area contributed by atoms with Crippen LogP contribution in [0.3, 0.4) is 0 Å². The first kappa shape index (κ1) is 14.7. The number of hydrogen-bond acceptors (Lipinski definition) is 4. The van der Waals surface area contributed by atoms with Crippen molar-refractivity contribution < 1.29 is 13.2 Å². The second-order valence-electron chi connectivity index (χ2n) is 4.23. The van der Waals surface area contributed by atoms with Crippen LogP contribution in [0.5, 0.6) is 0 Å². The van der Waals surface area contributed by atoms with Gasteiger partial charge in [-0.2, -0.15) is 0 Å². The maximum atomic E-state index is 11.6. The van der Waals surface area contributed by atoms with Gasteiger partial charge in [-0.3, -0.25) is 4.79 Å². The molecule has 1 rings (SSSR count). The summed E-state index contributed by atoms with van der Waals surface area (Å²) in [6, 6.07) is 8.65. The van der Waals surface area contributed by atoms with Gasteiger partial charge in [-0.15, -0.1) is 0 Å². The topological polar surface area (TPSA) is 89.3 Å². The Balaban J connectivity index is 2.37. The van der Waals surface area contributed by atoms with E-state index in [9.17, 15) is 13.2 Å². The molecule has 3 N–H and O–H groups in total. The Morgan fingerprint density at radius 2 is 1.94 bits per heavy atom. The molecule has 0 aliphatic rings. The number of benzene rings is 1. The zero-order valence-corrected chi connectivity index (χ0v) is 11.1. The van der Waals surface area contributed by atoms with Crippen molar-refractivity contribution in [3.05, 3.63) is 35.9 Å². The van der Waals surface area contributed by atoms with Crippen LogP contribution >= 0.6 is 0 Å². The highest BCUT2D eigenvalue weighted by Crippen LogP contribution is 1.99. The smallest absolute Gasteiger partial charge is 0.237 e. The summed E-state index contributed by atoms with van der Waals surface area (Å²) in [6.45, 7) is 0.395. The third kappa shape index (κ3) is 5.79. The Morgan fingerprint density at radius 3 is 2.50 bits per heavy atom. The van der Waals surface area contributed by atoms with Crippen molar-refractivity contribution in [2.75, 3.05) is 12.0 Å². The lowest BCUT2D eigenvalue weighted by Crippen LogP contribution is -2.41. The van der Waals surface area contributed by atoms with Gasteiger partial charge in [-0.1, -0.05) is 30.3 Å². The van der Waals surface area contributed by atoms with E-state index < -0.39 is 15.9 Å². The fourth-order valence-corrected chi connectivity index (χ4v) is 2.07. The van der Waals surface area contributed by atoms with Crippen LogP contribution in [0.1, 0.15) is 12.0 Å². The summed E-state index contributed by atoms with van der Waals surface area (Å²) in [4.78, 5) is 11.6. The maximum Gasteiger partial charge on any atom is 0.237 e. The third-order valence-corrected chi connectivity index (χ3v) is 3.42. The molecule has 0 aliphatic heterocycles. The van der Waals surface area contributed by atoms with Gasteiger partial charge in [0.1, 0.15) is 9.84 Å². The predicted octanol–water partition coefficient (Wildman–Crippen LogP) is 0.0648. The van der Waals surface area contributed by atoms with Gasteiger partial charge in [-0.05, 0) is 12.0 Å². The molecule has 1 aromatic carbocycles. The molecule has 0 heterocycles. The molecule has 1 atom stereocenters. The van der Waals surface area contributed by atoms with Crippen LogP contribution in [-0.2, 0) is 21.2 Å². The Hall–Kier alpha value is -1.40. The highest BCUT2D eigenvalue weighted by Gasteiger charge is 2.15. The second kappa shape index (κ2) is 6.51. The van der Waals surface area contributed by atoms with Crippen molar-refractivity contribution in [2.24, 2.45) is 5.73 Å². The predicted molar refractivity (Wildman–Crippen MR) is 70.6 cm³/mol. The molecule has 0 radical (unpaired) electrons. The molecule has 100 valence electrons. The van der Waals surface area contributed by atoms with Crippen molar-refractivity contribution in [3.8, 4) is 0 Å². The fourth-order valence-electron chi connectivity index (χ4n) is 1.39. The molecular weight excluding hydrogens is 252 g/mol. The molecule has 1 aromatic rings. The highest BCUT2D eigenvalue weighted by molar-refractivity contribution is 7.90. The standard InChI is InChI=1S/C12H18N2O3S/c1-18(16,17)8-7-11(13)12(15)14-9-10-5-3-2-4-6-10/h2-6,11H,7-9,13H2,1H3,(H,14,15)/t11-/m0/s1.